The van der Waals surface area contributed by atoms with Crippen molar-refractivity contribution in [1.29, 1.82) is 0 Å². The number of aryl methyl sites for hydroxylation is 2. The number of Topliss-reactive ketones (excluding diaryl/α,β-unsaturated/α-hetero) is 1. The first-order chi connectivity index (χ1) is 54.4. The molecular weight excluding hydrogens is 1500 g/mol. The fourth-order valence-corrected chi connectivity index (χ4v) is 13.9. The van der Waals surface area contributed by atoms with Gasteiger partial charge in [0.1, 0.15) is 85.3 Å². The van der Waals surface area contributed by atoms with E-state index in [0.717, 1.165) is 0 Å². The molecule has 2 aromatic rings. The summed E-state index contributed by atoms with van der Waals surface area (Å²) in [6.45, 7) is 12.9. The summed E-state index contributed by atoms with van der Waals surface area (Å²) in [5.74, 6) is 10.7. The predicted octanol–water partition coefficient (Wildman–Crippen LogP) is -4.66. The Bertz CT molecular complexity index is 3110. The van der Waals surface area contributed by atoms with Crippen LogP contribution in [0.4, 0.5) is 0 Å². The second kappa shape index (κ2) is 50.0. The van der Waals surface area contributed by atoms with Crippen LogP contribution in [0.5, 0.6) is 0 Å². The molecule has 652 valence electrons. The maximum Gasteiger partial charge on any atom is 0.217 e. The van der Waals surface area contributed by atoms with Gasteiger partial charge in [0.25, 0.3) is 0 Å². The summed E-state index contributed by atoms with van der Waals surface area (Å²) in [5, 5.41) is 154. The zero-order chi connectivity index (χ0) is 83.6. The highest BCUT2D eigenvalue weighted by atomic mass is 16.7. The van der Waals surface area contributed by atoms with Crippen molar-refractivity contribution in [3.63, 3.8) is 0 Å². The summed E-state index contributed by atoms with van der Waals surface area (Å²) in [5.41, 5.74) is 8.09. The second-order valence-electron chi connectivity index (χ2n) is 30.9. The van der Waals surface area contributed by atoms with Crippen molar-refractivity contribution in [1.82, 2.24) is 60.7 Å². The number of aliphatic hydroxyl groups is 12. The van der Waals surface area contributed by atoms with E-state index in [-0.39, 0.29) is 38.7 Å². The van der Waals surface area contributed by atoms with Crippen molar-refractivity contribution >= 4 is 35.4 Å². The summed E-state index contributed by atoms with van der Waals surface area (Å²) in [6.07, 6.45) is -3.37. The third kappa shape index (κ3) is 31.3. The van der Waals surface area contributed by atoms with Crippen molar-refractivity contribution in [2.45, 2.75) is 294 Å². The van der Waals surface area contributed by atoms with Gasteiger partial charge in [0, 0.05) is 141 Å². The van der Waals surface area contributed by atoms with E-state index in [1.54, 1.807) is 28.7 Å². The Hall–Kier alpha value is -6.08. The monoisotopic (exact) mass is 1630 g/mol. The number of rotatable bonds is 52. The molecule has 0 bridgehead atoms. The average molecular weight is 1630 g/mol. The first-order valence-corrected chi connectivity index (χ1v) is 39.7. The van der Waals surface area contributed by atoms with E-state index in [2.05, 4.69) is 51.6 Å². The lowest BCUT2D eigenvalue weighted by Crippen LogP contribution is -2.64. The van der Waals surface area contributed by atoms with Crippen LogP contribution in [0, 0.1) is 11.3 Å². The Morgan fingerprint density at radius 3 is 1.36 bits per heavy atom. The third-order valence-corrected chi connectivity index (χ3v) is 20.2. The number of nitrogens with two attached hydrogens (primary N) is 3. The molecule has 4 saturated heterocycles. The zero-order valence-electron chi connectivity index (χ0n) is 67.0. The Kier molecular flexibility index (Phi) is 42.4. The Morgan fingerprint density at radius 2 is 0.947 bits per heavy atom. The van der Waals surface area contributed by atoms with Crippen LogP contribution in [0.3, 0.4) is 0 Å². The summed E-state index contributed by atoms with van der Waals surface area (Å²) in [6, 6.07) is -3.92. The highest BCUT2D eigenvalue weighted by Gasteiger charge is 2.49. The molecule has 0 radical (unpaired) electrons. The second-order valence-corrected chi connectivity index (χ2v) is 30.9. The number of aromatic nitrogens is 6. The van der Waals surface area contributed by atoms with Crippen LogP contribution in [0.15, 0.2) is 34.4 Å². The van der Waals surface area contributed by atoms with Gasteiger partial charge in [-0.3, -0.25) is 43.3 Å². The lowest BCUT2D eigenvalue weighted by atomic mass is 9.83. The Labute approximate surface area is 665 Å². The van der Waals surface area contributed by atoms with Gasteiger partial charge in [-0.15, -0.1) is 10.2 Å². The van der Waals surface area contributed by atoms with Crippen LogP contribution in [-0.2, 0) is 83.3 Å². The molecule has 114 heavy (non-hydrogen) atoms. The number of unbranched alkanes of at least 4 members (excludes halogenated alkanes) is 9. The van der Waals surface area contributed by atoms with Crippen molar-refractivity contribution in [2.24, 2.45) is 38.8 Å². The van der Waals surface area contributed by atoms with Crippen molar-refractivity contribution in [2.75, 3.05) is 85.6 Å². The number of nitrogens with zero attached hydrogens (tertiary/aromatic N) is 11. The van der Waals surface area contributed by atoms with Crippen LogP contribution >= 0.6 is 0 Å². The van der Waals surface area contributed by atoms with Crippen LogP contribution < -0.4 is 33.4 Å². The first kappa shape index (κ1) is 96.8. The molecule has 0 aliphatic carbocycles. The number of hydrazone groups is 1. The highest BCUT2D eigenvalue weighted by molar-refractivity contribution is 6.31. The zero-order valence-corrected chi connectivity index (χ0v) is 67.0. The average Bonchev–Trinajstić information content (AvgIpc) is 0.991. The number of hydrogen-bond donors (Lipinski definition) is 18. The number of aliphatic hydroxyl groups excluding tert-OH is 12. The number of aliphatic imine (C=N–C) groups is 1. The molecule has 0 spiro atoms. The number of nitrogens with one attached hydrogen (secondary N) is 3. The van der Waals surface area contributed by atoms with Crippen molar-refractivity contribution in [3.05, 3.63) is 35.7 Å². The molecule has 0 unspecified atom stereocenters. The first-order valence-electron chi connectivity index (χ1n) is 39.7. The molecule has 6 rings (SSSR count). The number of ether oxygens (including phenoxy) is 8. The number of hydrazine groups is 1. The van der Waals surface area contributed by atoms with E-state index in [1.165, 1.54) is 25.8 Å². The van der Waals surface area contributed by atoms with Gasteiger partial charge in [-0.25, -0.2) is 5.84 Å². The third-order valence-electron chi connectivity index (χ3n) is 20.2. The summed E-state index contributed by atoms with van der Waals surface area (Å²) in [4.78, 5) is 59.6. The molecule has 21 N–H and O–H groups in total. The molecule has 41 nitrogen and oxygen atoms in total. The van der Waals surface area contributed by atoms with Crippen LogP contribution in [-0.4, -0.2) is 350 Å². The van der Waals surface area contributed by atoms with E-state index >= 15 is 0 Å². The standard InChI is InChI=1S/C73H131N17O24/c1-44-60(98)61(99)53(40-91)111-69(44)107-28-18-8-13-23-77-32-49(81-75)37-87(33-48(74)34-88(76)25-14-9-19-29-108-70-57(78-45(2)95)65(103)62(100)54(41-92)112-70)52(68(106)73(5,6)7)22-12-17-24-86(35-50-38-89(84-82-50)26-15-10-20-30-109-71-58(79-46(3)96)66(104)63(101)55(42-93)113-71)36-51-39-90(85-83-51)27-16-11-21-31-110-72-59(80-47(4)97)67(105)64(102)56(43-94)114-72/h32,34,38-39,44,52-67,69-72,91-94,98-105H,8-31,33,35-37,40-43,74-76H2,1-7H3,(H,78,95)(H,79,96)(H,80,97)/b48-34-,77-32?,81-49?/t44-,52+,53-,54-,55-,56-,57-,58-,59-,60-,61+,62+,63+,64+,65-,66-,67-,69-,70-,71-,72-/m1/s1. The van der Waals surface area contributed by atoms with Gasteiger partial charge in [0.2, 0.25) is 17.7 Å². The minimum absolute atomic E-state index is 0.0568. The van der Waals surface area contributed by atoms with Gasteiger partial charge in [0.05, 0.1) is 55.7 Å². The Balaban J connectivity index is 1.13. The molecule has 21 atom stereocenters. The number of hydrogen-bond acceptors (Lipinski definition) is 36. The molecule has 41 heteroatoms. The molecule has 4 aliphatic heterocycles. The molecule has 0 saturated carbocycles. The number of carbonyl (C=O) groups excluding carboxylic acids is 4. The normalized spacial score (nSPS) is 28.8. The quantitative estimate of drug-likeness (QED) is 0.0128. The van der Waals surface area contributed by atoms with Gasteiger partial charge < -0.3 is 132 Å². The predicted molar refractivity (Wildman–Crippen MR) is 408 cm³/mol. The lowest BCUT2D eigenvalue weighted by Gasteiger charge is -2.42. The van der Waals surface area contributed by atoms with Crippen molar-refractivity contribution < 1.29 is 118 Å². The molecule has 4 fully saturated rings. The minimum atomic E-state index is -1.45. The fraction of sp³-hybridized carbons (Fsp3) is 0.836. The van der Waals surface area contributed by atoms with E-state index in [1.807, 2.05) is 38.1 Å². The molecule has 0 aromatic carbocycles. The number of ketones is 1. The van der Waals surface area contributed by atoms with Gasteiger partial charge in [0.15, 0.2) is 30.9 Å². The highest BCUT2D eigenvalue weighted by Crippen LogP contribution is 2.30. The molecule has 2 aromatic heterocycles. The summed E-state index contributed by atoms with van der Waals surface area (Å²) >= 11 is 0. The van der Waals surface area contributed by atoms with Crippen molar-refractivity contribution in [3.8, 4) is 0 Å². The van der Waals surface area contributed by atoms with Crippen LogP contribution in [0.1, 0.15) is 156 Å². The molecule has 4 aliphatic rings. The number of carbonyl (C=O) groups is 4. The molecular formula is C73H131N17O24. The van der Waals surface area contributed by atoms with E-state index in [4.69, 9.17) is 55.3 Å². The topological polar surface area (TPSA) is 595 Å². The Morgan fingerprint density at radius 1 is 0.553 bits per heavy atom. The van der Waals surface area contributed by atoms with Crippen LogP contribution in [0.25, 0.3) is 0 Å². The van der Waals surface area contributed by atoms with E-state index in [0.29, 0.717) is 172 Å². The largest absolute Gasteiger partial charge is 0.400 e. The molecule has 6 heterocycles. The number of amides is 3. The van der Waals surface area contributed by atoms with Gasteiger partial charge in [-0.2, -0.15) is 5.10 Å². The summed E-state index contributed by atoms with van der Waals surface area (Å²) in [7, 11) is 0. The van der Waals surface area contributed by atoms with Gasteiger partial charge in [-0.1, -0.05) is 44.5 Å². The van der Waals surface area contributed by atoms with E-state index in [9.17, 15) is 80.5 Å². The van der Waals surface area contributed by atoms with E-state index < -0.39 is 178 Å². The van der Waals surface area contributed by atoms with Gasteiger partial charge in [-0.05, 0) is 96.4 Å². The lowest BCUT2D eigenvalue weighted by molar-refractivity contribution is -0.282. The van der Waals surface area contributed by atoms with Gasteiger partial charge >= 0.3 is 0 Å². The maximum atomic E-state index is 15.0. The SMILES string of the molecule is CC(=O)N[C@H]1[C@H](OCCCCCN(N)/C=C(\N)CN(CC(C=NCCCCCO[C@@H]2O[C@H](CO)[C@H](O)[C@H](O)[C@H]2C)=NN)[C@@H](CCCCN(Cc2cn(CCCCCO[C@@H]3O[C@H](CO)[C@H](O)[C@H](O)[C@H]3NC(C)=O)nn2)Cc2cn(CCCCCO[C@@H]3O[C@H](CO)[C@H](O)[C@H](O)[C@H]3NC(C)=O)nn2)C(=O)C(C)(C)C)O[C@H](CO)[C@H](O)[C@@H]1O. The summed E-state index contributed by atoms with van der Waals surface area (Å²) < 4.78 is 49.9. The maximum absolute atomic E-state index is 15.0. The van der Waals surface area contributed by atoms with Crippen LogP contribution in [0.2, 0.25) is 0 Å². The molecule has 3 amide bonds. The smallest absolute Gasteiger partial charge is 0.217 e. The minimum Gasteiger partial charge on any atom is -0.400 e. The fourth-order valence-electron chi connectivity index (χ4n) is 13.9.